The molecule has 1 aliphatic heterocycles. The first-order chi connectivity index (χ1) is 14.6. The van der Waals surface area contributed by atoms with Gasteiger partial charge in [-0.1, -0.05) is 36.4 Å². The highest BCUT2D eigenvalue weighted by atomic mass is 32.2. The maximum Gasteiger partial charge on any atom is 0.268 e. The number of carbonyl (C=O) groups is 1. The standard InChI is InChI=1S/C24H29N3O2S/c1-4-27-13-5-6-17(27)15-25-24(28)22-23(30-19-10-7-16(2)8-11-19)20-12-9-18(29-3)14-21(20)26-22/h7-12,14,17,26H,4-6,13,15H2,1-3H3,(H,25,28)/t17-/m1/s1. The molecule has 158 valence electrons. The summed E-state index contributed by atoms with van der Waals surface area (Å²) >= 11 is 1.62. The minimum atomic E-state index is -0.0530. The van der Waals surface area contributed by atoms with Gasteiger partial charge in [-0.15, -0.1) is 0 Å². The van der Waals surface area contributed by atoms with Gasteiger partial charge in [0, 0.05) is 28.9 Å². The number of aryl methyl sites for hydroxylation is 1. The zero-order chi connectivity index (χ0) is 21.1. The van der Waals surface area contributed by atoms with E-state index < -0.39 is 0 Å². The fraction of sp³-hybridized carbons (Fsp3) is 0.375. The second-order valence-electron chi connectivity index (χ2n) is 7.79. The van der Waals surface area contributed by atoms with Crippen LogP contribution in [0.4, 0.5) is 0 Å². The fourth-order valence-corrected chi connectivity index (χ4v) is 5.15. The Morgan fingerprint density at radius 3 is 2.80 bits per heavy atom. The van der Waals surface area contributed by atoms with Crippen molar-refractivity contribution in [2.24, 2.45) is 0 Å². The van der Waals surface area contributed by atoms with Crippen molar-refractivity contribution in [3.8, 4) is 5.75 Å². The molecule has 2 heterocycles. The number of H-pyrrole nitrogens is 1. The number of aromatic nitrogens is 1. The number of likely N-dealkylation sites (N-methyl/N-ethyl adjacent to an activating group) is 1. The summed E-state index contributed by atoms with van der Waals surface area (Å²) in [4.78, 5) is 21.0. The van der Waals surface area contributed by atoms with Crippen LogP contribution in [0.15, 0.2) is 52.3 Å². The molecule has 3 aromatic rings. The van der Waals surface area contributed by atoms with Crippen molar-refractivity contribution in [1.82, 2.24) is 15.2 Å². The summed E-state index contributed by atoms with van der Waals surface area (Å²) in [5.74, 6) is 0.717. The van der Waals surface area contributed by atoms with Crippen molar-refractivity contribution in [2.45, 2.75) is 42.5 Å². The summed E-state index contributed by atoms with van der Waals surface area (Å²) in [6.45, 7) is 7.09. The Hall–Kier alpha value is -2.44. The normalized spacial score (nSPS) is 16.8. The number of benzene rings is 2. The SMILES string of the molecule is CCN1CCC[C@@H]1CNC(=O)c1[nH]c2cc(OC)ccc2c1Sc1ccc(C)cc1. The van der Waals surface area contributed by atoms with Crippen LogP contribution >= 0.6 is 11.8 Å². The summed E-state index contributed by atoms with van der Waals surface area (Å²) in [6, 6.07) is 14.7. The van der Waals surface area contributed by atoms with Gasteiger partial charge < -0.3 is 15.0 Å². The Morgan fingerprint density at radius 1 is 1.27 bits per heavy atom. The molecule has 0 bridgehead atoms. The van der Waals surface area contributed by atoms with Crippen molar-refractivity contribution in [2.75, 3.05) is 26.7 Å². The first kappa shape index (κ1) is 20.8. The molecule has 0 spiro atoms. The summed E-state index contributed by atoms with van der Waals surface area (Å²) in [5.41, 5.74) is 2.74. The molecule has 4 rings (SSSR count). The Balaban J connectivity index is 1.63. The van der Waals surface area contributed by atoms with Gasteiger partial charge in [-0.05, 0) is 57.1 Å². The van der Waals surface area contributed by atoms with Crippen LogP contribution in [0.5, 0.6) is 5.75 Å². The number of methoxy groups -OCH3 is 1. The lowest BCUT2D eigenvalue weighted by Gasteiger charge is -2.22. The molecular weight excluding hydrogens is 394 g/mol. The molecule has 0 saturated carbocycles. The van der Waals surface area contributed by atoms with Gasteiger partial charge in [0.2, 0.25) is 0 Å². The molecule has 30 heavy (non-hydrogen) atoms. The molecule has 2 aromatic carbocycles. The number of rotatable bonds is 7. The van der Waals surface area contributed by atoms with Gasteiger partial charge >= 0.3 is 0 Å². The molecule has 0 radical (unpaired) electrons. The largest absolute Gasteiger partial charge is 0.497 e. The average molecular weight is 424 g/mol. The van der Waals surface area contributed by atoms with Gasteiger partial charge in [0.1, 0.15) is 11.4 Å². The van der Waals surface area contributed by atoms with Crippen molar-refractivity contribution in [3.05, 3.63) is 53.7 Å². The molecule has 6 heteroatoms. The van der Waals surface area contributed by atoms with E-state index in [1.807, 2.05) is 18.2 Å². The molecule has 5 nitrogen and oxygen atoms in total. The number of nitrogens with zero attached hydrogens (tertiary/aromatic N) is 1. The quantitative estimate of drug-likeness (QED) is 0.570. The van der Waals surface area contributed by atoms with Crippen molar-refractivity contribution in [1.29, 1.82) is 0 Å². The molecule has 1 aliphatic rings. The van der Waals surface area contributed by atoms with E-state index in [0.29, 0.717) is 18.3 Å². The molecule has 2 N–H and O–H groups in total. The molecule has 1 amide bonds. The molecule has 0 unspecified atom stereocenters. The molecule has 1 saturated heterocycles. The number of hydrogen-bond donors (Lipinski definition) is 2. The third kappa shape index (κ3) is 4.35. The number of hydrogen-bond acceptors (Lipinski definition) is 4. The fourth-order valence-electron chi connectivity index (χ4n) is 4.11. The maximum atomic E-state index is 13.2. The zero-order valence-corrected chi connectivity index (χ0v) is 18.6. The van der Waals surface area contributed by atoms with E-state index in [4.69, 9.17) is 4.74 Å². The molecule has 1 aromatic heterocycles. The van der Waals surface area contributed by atoms with Crippen molar-refractivity contribution in [3.63, 3.8) is 0 Å². The van der Waals surface area contributed by atoms with E-state index >= 15 is 0 Å². The van der Waals surface area contributed by atoms with E-state index in [1.54, 1.807) is 18.9 Å². The highest BCUT2D eigenvalue weighted by molar-refractivity contribution is 7.99. The smallest absolute Gasteiger partial charge is 0.268 e. The number of amides is 1. The molecule has 1 fully saturated rings. The predicted octanol–water partition coefficient (Wildman–Crippen LogP) is 4.85. The second-order valence-corrected chi connectivity index (χ2v) is 8.87. The van der Waals surface area contributed by atoms with Crippen LogP contribution in [-0.4, -0.2) is 48.6 Å². The van der Waals surface area contributed by atoms with Crippen LogP contribution in [0, 0.1) is 6.92 Å². The number of carbonyl (C=O) groups excluding carboxylic acids is 1. The number of nitrogens with one attached hydrogen (secondary N) is 2. The highest BCUT2D eigenvalue weighted by Gasteiger charge is 2.25. The van der Waals surface area contributed by atoms with Crippen LogP contribution in [0.25, 0.3) is 10.9 Å². The van der Waals surface area contributed by atoms with E-state index in [-0.39, 0.29) is 5.91 Å². The van der Waals surface area contributed by atoms with Crippen LogP contribution in [0.2, 0.25) is 0 Å². The Kier molecular flexibility index (Phi) is 6.35. The first-order valence-corrected chi connectivity index (χ1v) is 11.4. The number of likely N-dealkylation sites (tertiary alicyclic amines) is 1. The lowest BCUT2D eigenvalue weighted by Crippen LogP contribution is -2.40. The lowest BCUT2D eigenvalue weighted by molar-refractivity contribution is 0.0934. The molecule has 0 aliphatic carbocycles. The summed E-state index contributed by atoms with van der Waals surface area (Å²) in [6.07, 6.45) is 2.35. The van der Waals surface area contributed by atoms with Gasteiger partial charge in [0.05, 0.1) is 17.5 Å². The van der Waals surface area contributed by atoms with Gasteiger partial charge in [-0.25, -0.2) is 0 Å². The Morgan fingerprint density at radius 2 is 2.07 bits per heavy atom. The molecule has 1 atom stereocenters. The minimum Gasteiger partial charge on any atom is -0.497 e. The van der Waals surface area contributed by atoms with Crippen LogP contribution < -0.4 is 10.1 Å². The van der Waals surface area contributed by atoms with Gasteiger partial charge in [0.25, 0.3) is 5.91 Å². The van der Waals surface area contributed by atoms with Crippen LogP contribution in [0.1, 0.15) is 35.8 Å². The first-order valence-electron chi connectivity index (χ1n) is 10.6. The van der Waals surface area contributed by atoms with Crippen LogP contribution in [0.3, 0.4) is 0 Å². The third-order valence-corrected chi connectivity index (χ3v) is 6.97. The van der Waals surface area contributed by atoms with E-state index in [2.05, 4.69) is 53.3 Å². The van der Waals surface area contributed by atoms with E-state index in [0.717, 1.165) is 46.0 Å². The monoisotopic (exact) mass is 423 g/mol. The Bertz CT molecular complexity index is 1030. The number of fused-ring (bicyclic) bond motifs is 1. The van der Waals surface area contributed by atoms with Gasteiger partial charge in [0.15, 0.2) is 0 Å². The summed E-state index contributed by atoms with van der Waals surface area (Å²) in [7, 11) is 1.65. The van der Waals surface area contributed by atoms with Crippen molar-refractivity contribution < 1.29 is 9.53 Å². The molecular formula is C24H29N3O2S. The van der Waals surface area contributed by atoms with E-state index in [9.17, 15) is 4.79 Å². The van der Waals surface area contributed by atoms with E-state index in [1.165, 1.54) is 12.0 Å². The zero-order valence-electron chi connectivity index (χ0n) is 17.8. The minimum absolute atomic E-state index is 0.0530. The van der Waals surface area contributed by atoms with Gasteiger partial charge in [-0.2, -0.15) is 0 Å². The summed E-state index contributed by atoms with van der Waals surface area (Å²) < 4.78 is 5.37. The average Bonchev–Trinajstić information content (AvgIpc) is 3.37. The third-order valence-electron chi connectivity index (χ3n) is 5.83. The lowest BCUT2D eigenvalue weighted by atomic mass is 10.2. The summed E-state index contributed by atoms with van der Waals surface area (Å²) in [5, 5.41) is 4.20. The van der Waals surface area contributed by atoms with Gasteiger partial charge in [-0.3, -0.25) is 9.69 Å². The number of aromatic amines is 1. The topological polar surface area (TPSA) is 57.4 Å². The second kappa shape index (κ2) is 9.14. The number of ether oxygens (including phenoxy) is 1. The van der Waals surface area contributed by atoms with Crippen LogP contribution in [-0.2, 0) is 0 Å². The highest BCUT2D eigenvalue weighted by Crippen LogP contribution is 2.38. The Labute approximate surface area is 182 Å². The maximum absolute atomic E-state index is 13.2. The predicted molar refractivity (Wildman–Crippen MR) is 123 cm³/mol. The van der Waals surface area contributed by atoms with Crippen molar-refractivity contribution >= 4 is 28.6 Å².